The predicted octanol–water partition coefficient (Wildman–Crippen LogP) is 2.31. The first-order chi connectivity index (χ1) is 7.44. The molecular weight excluding hydrogens is 202 g/mol. The van der Waals surface area contributed by atoms with Gasteiger partial charge in [-0.2, -0.15) is 0 Å². The van der Waals surface area contributed by atoms with E-state index < -0.39 is 0 Å². The third-order valence-corrected chi connectivity index (χ3v) is 3.02. The lowest BCUT2D eigenvalue weighted by atomic mass is 9.83. The molecule has 0 bridgehead atoms. The second kappa shape index (κ2) is 5.67. The molecule has 1 unspecified atom stereocenters. The largest absolute Gasteiger partial charge is 0.378 e. The van der Waals surface area contributed by atoms with Crippen LogP contribution < -0.4 is 0 Å². The van der Waals surface area contributed by atoms with E-state index in [-0.39, 0.29) is 11.3 Å². The molecule has 1 rings (SSSR count). The third-order valence-electron chi connectivity index (χ3n) is 3.02. The number of morpholine rings is 1. The summed E-state index contributed by atoms with van der Waals surface area (Å²) in [6.45, 7) is 11.6. The molecule has 1 aliphatic rings. The van der Waals surface area contributed by atoms with Crippen molar-refractivity contribution in [1.29, 1.82) is 0 Å². The van der Waals surface area contributed by atoms with Crippen LogP contribution in [0, 0.1) is 11.3 Å². The molecule has 0 aromatic rings. The van der Waals surface area contributed by atoms with Gasteiger partial charge >= 0.3 is 0 Å². The highest BCUT2D eigenvalue weighted by Crippen LogP contribution is 2.27. The summed E-state index contributed by atoms with van der Waals surface area (Å²) in [4.78, 5) is 14.2. The van der Waals surface area contributed by atoms with E-state index in [0.717, 1.165) is 25.9 Å². The first kappa shape index (κ1) is 13.5. The fourth-order valence-electron chi connectivity index (χ4n) is 2.19. The van der Waals surface area contributed by atoms with Crippen LogP contribution >= 0.6 is 0 Å². The molecule has 16 heavy (non-hydrogen) atoms. The summed E-state index contributed by atoms with van der Waals surface area (Å²) >= 11 is 0. The Morgan fingerprint density at radius 2 is 1.88 bits per heavy atom. The number of carbonyl (C=O) groups is 1. The number of hydrogen-bond donors (Lipinski definition) is 0. The summed E-state index contributed by atoms with van der Waals surface area (Å²) in [7, 11) is 0. The lowest BCUT2D eigenvalue weighted by Gasteiger charge is -2.32. The van der Waals surface area contributed by atoms with E-state index in [9.17, 15) is 4.79 Å². The Morgan fingerprint density at radius 1 is 1.31 bits per heavy atom. The van der Waals surface area contributed by atoms with Gasteiger partial charge in [0.25, 0.3) is 0 Å². The normalized spacial score (nSPS) is 19.6. The molecule has 1 heterocycles. The van der Waals surface area contributed by atoms with Crippen molar-refractivity contribution in [2.75, 3.05) is 26.3 Å². The summed E-state index contributed by atoms with van der Waals surface area (Å²) in [5.41, 5.74) is 0.225. The van der Waals surface area contributed by atoms with Crippen LogP contribution in [-0.4, -0.2) is 37.1 Å². The van der Waals surface area contributed by atoms with Crippen LogP contribution in [0.1, 0.15) is 40.5 Å². The molecule has 1 saturated heterocycles. The first-order valence-electron chi connectivity index (χ1n) is 6.30. The van der Waals surface area contributed by atoms with E-state index >= 15 is 0 Å². The smallest absolute Gasteiger partial charge is 0.225 e. The van der Waals surface area contributed by atoms with Gasteiger partial charge in [0.1, 0.15) is 0 Å². The molecule has 3 nitrogen and oxygen atoms in total. The quantitative estimate of drug-likeness (QED) is 0.740. The van der Waals surface area contributed by atoms with E-state index in [2.05, 4.69) is 27.7 Å². The minimum atomic E-state index is 0.179. The predicted molar refractivity (Wildman–Crippen MR) is 65.3 cm³/mol. The van der Waals surface area contributed by atoms with Crippen LogP contribution in [-0.2, 0) is 9.53 Å². The monoisotopic (exact) mass is 227 g/mol. The molecule has 0 aromatic heterocycles. The lowest BCUT2D eigenvalue weighted by Crippen LogP contribution is -2.44. The van der Waals surface area contributed by atoms with Gasteiger partial charge < -0.3 is 9.64 Å². The maximum absolute atomic E-state index is 12.3. The van der Waals surface area contributed by atoms with Crippen molar-refractivity contribution in [3.63, 3.8) is 0 Å². The zero-order valence-corrected chi connectivity index (χ0v) is 11.1. The number of ether oxygens (including phenoxy) is 1. The molecule has 3 heteroatoms. The van der Waals surface area contributed by atoms with Crippen molar-refractivity contribution in [2.24, 2.45) is 11.3 Å². The molecule has 0 radical (unpaired) electrons. The van der Waals surface area contributed by atoms with Crippen LogP contribution in [0.5, 0.6) is 0 Å². The van der Waals surface area contributed by atoms with Crippen LogP contribution in [0.2, 0.25) is 0 Å². The average Bonchev–Trinajstić information content (AvgIpc) is 2.25. The summed E-state index contributed by atoms with van der Waals surface area (Å²) in [5.74, 6) is 0.499. The van der Waals surface area contributed by atoms with E-state index in [1.807, 2.05) is 4.90 Å². The van der Waals surface area contributed by atoms with Crippen LogP contribution in [0.25, 0.3) is 0 Å². The Labute approximate surface area is 99.1 Å². The topological polar surface area (TPSA) is 29.5 Å². The van der Waals surface area contributed by atoms with Gasteiger partial charge in [-0.15, -0.1) is 0 Å². The Balaban J connectivity index is 2.54. The molecule has 94 valence electrons. The van der Waals surface area contributed by atoms with Gasteiger partial charge in [0.05, 0.1) is 13.2 Å². The molecular formula is C13H25NO2. The van der Waals surface area contributed by atoms with E-state index in [0.29, 0.717) is 19.1 Å². The van der Waals surface area contributed by atoms with Crippen molar-refractivity contribution in [3.05, 3.63) is 0 Å². The van der Waals surface area contributed by atoms with Crippen molar-refractivity contribution < 1.29 is 9.53 Å². The molecule has 1 fully saturated rings. The molecule has 0 aromatic carbocycles. The van der Waals surface area contributed by atoms with E-state index in [1.165, 1.54) is 0 Å². The third kappa shape index (κ3) is 4.12. The maximum atomic E-state index is 12.3. The zero-order valence-electron chi connectivity index (χ0n) is 11.1. The molecule has 1 aliphatic heterocycles. The highest BCUT2D eigenvalue weighted by atomic mass is 16.5. The average molecular weight is 227 g/mol. The number of carbonyl (C=O) groups excluding carboxylic acids is 1. The first-order valence-corrected chi connectivity index (χ1v) is 6.30. The minimum absolute atomic E-state index is 0.179. The van der Waals surface area contributed by atoms with Crippen LogP contribution in [0.3, 0.4) is 0 Å². The van der Waals surface area contributed by atoms with E-state index in [4.69, 9.17) is 4.74 Å². The maximum Gasteiger partial charge on any atom is 0.225 e. The minimum Gasteiger partial charge on any atom is -0.378 e. The Morgan fingerprint density at radius 3 is 2.31 bits per heavy atom. The second-order valence-electron chi connectivity index (χ2n) is 5.81. The van der Waals surface area contributed by atoms with Gasteiger partial charge in [-0.3, -0.25) is 4.79 Å². The second-order valence-corrected chi connectivity index (χ2v) is 5.81. The summed E-state index contributed by atoms with van der Waals surface area (Å²) < 4.78 is 5.27. The van der Waals surface area contributed by atoms with Gasteiger partial charge in [-0.1, -0.05) is 27.7 Å². The lowest BCUT2D eigenvalue weighted by molar-refractivity contribution is -0.140. The molecule has 1 amide bonds. The molecule has 0 spiro atoms. The number of amides is 1. The van der Waals surface area contributed by atoms with Crippen molar-refractivity contribution in [2.45, 2.75) is 40.5 Å². The fraction of sp³-hybridized carbons (Fsp3) is 0.923. The van der Waals surface area contributed by atoms with Crippen molar-refractivity contribution in [1.82, 2.24) is 4.90 Å². The van der Waals surface area contributed by atoms with Crippen molar-refractivity contribution in [3.8, 4) is 0 Å². The Bertz CT molecular complexity index is 227. The zero-order chi connectivity index (χ0) is 12.2. The van der Waals surface area contributed by atoms with Crippen molar-refractivity contribution >= 4 is 5.91 Å². The van der Waals surface area contributed by atoms with Gasteiger partial charge in [0.2, 0.25) is 5.91 Å². The van der Waals surface area contributed by atoms with E-state index in [1.54, 1.807) is 0 Å². The number of hydrogen-bond acceptors (Lipinski definition) is 2. The number of nitrogens with zero attached hydrogens (tertiary/aromatic N) is 1. The highest BCUT2D eigenvalue weighted by Gasteiger charge is 2.27. The standard InChI is InChI=1S/C13H25NO2/c1-5-11(10-13(2,3)4)12(15)14-6-8-16-9-7-14/h11H,5-10H2,1-4H3. The SMILES string of the molecule is CCC(CC(C)(C)C)C(=O)N1CCOCC1. The molecule has 0 saturated carbocycles. The Kier molecular flexibility index (Phi) is 4.78. The number of rotatable bonds is 3. The summed E-state index contributed by atoms with van der Waals surface area (Å²) in [5, 5.41) is 0. The summed E-state index contributed by atoms with van der Waals surface area (Å²) in [6, 6.07) is 0. The van der Waals surface area contributed by atoms with Gasteiger partial charge in [-0.25, -0.2) is 0 Å². The van der Waals surface area contributed by atoms with Gasteiger partial charge in [-0.05, 0) is 18.3 Å². The fourth-order valence-corrected chi connectivity index (χ4v) is 2.19. The molecule has 0 N–H and O–H groups in total. The van der Waals surface area contributed by atoms with Crippen LogP contribution in [0.4, 0.5) is 0 Å². The van der Waals surface area contributed by atoms with Crippen LogP contribution in [0.15, 0.2) is 0 Å². The Hall–Kier alpha value is -0.570. The molecule has 1 atom stereocenters. The van der Waals surface area contributed by atoms with Gasteiger partial charge in [0, 0.05) is 19.0 Å². The summed E-state index contributed by atoms with van der Waals surface area (Å²) in [6.07, 6.45) is 1.91. The highest BCUT2D eigenvalue weighted by molar-refractivity contribution is 5.78. The molecule has 0 aliphatic carbocycles. The van der Waals surface area contributed by atoms with Gasteiger partial charge in [0.15, 0.2) is 0 Å².